The van der Waals surface area contributed by atoms with E-state index in [1.807, 2.05) is 42.6 Å². The minimum Gasteiger partial charge on any atom is -0.495 e. The SMILES string of the molecule is COc1ccc(N=Cc2ccccc2I)cc1Cl. The van der Waals surface area contributed by atoms with Gasteiger partial charge in [-0.2, -0.15) is 0 Å². The molecule has 18 heavy (non-hydrogen) atoms. The summed E-state index contributed by atoms with van der Waals surface area (Å²) in [5.74, 6) is 0.657. The van der Waals surface area contributed by atoms with Crippen LogP contribution in [0.1, 0.15) is 5.56 Å². The first-order valence-electron chi connectivity index (χ1n) is 5.33. The molecule has 0 amide bonds. The molecule has 2 aromatic rings. The van der Waals surface area contributed by atoms with Gasteiger partial charge in [0, 0.05) is 15.3 Å². The number of ether oxygens (including phenoxy) is 1. The third-order valence-corrected chi connectivity index (χ3v) is 3.67. The fraction of sp³-hybridized carbons (Fsp3) is 0.0714. The molecule has 0 aliphatic heterocycles. The monoisotopic (exact) mass is 371 g/mol. The second-order valence-corrected chi connectivity index (χ2v) is 5.17. The average molecular weight is 372 g/mol. The Morgan fingerprint density at radius 2 is 2.00 bits per heavy atom. The number of rotatable bonds is 3. The van der Waals surface area contributed by atoms with Crippen LogP contribution in [-0.4, -0.2) is 13.3 Å². The lowest BCUT2D eigenvalue weighted by Crippen LogP contribution is -1.85. The zero-order valence-corrected chi connectivity index (χ0v) is 12.6. The summed E-state index contributed by atoms with van der Waals surface area (Å²) in [6.07, 6.45) is 1.83. The van der Waals surface area contributed by atoms with E-state index in [0.29, 0.717) is 10.8 Å². The van der Waals surface area contributed by atoms with Crippen LogP contribution in [0.4, 0.5) is 5.69 Å². The zero-order chi connectivity index (χ0) is 13.0. The largest absolute Gasteiger partial charge is 0.495 e. The second kappa shape index (κ2) is 6.20. The molecule has 0 saturated heterocycles. The van der Waals surface area contributed by atoms with Crippen molar-refractivity contribution < 1.29 is 4.74 Å². The molecule has 2 aromatic carbocycles. The van der Waals surface area contributed by atoms with E-state index < -0.39 is 0 Å². The summed E-state index contributed by atoms with van der Waals surface area (Å²) in [6, 6.07) is 13.5. The molecule has 0 radical (unpaired) electrons. The number of benzene rings is 2. The highest BCUT2D eigenvalue weighted by Gasteiger charge is 2.00. The van der Waals surface area contributed by atoms with Crippen LogP contribution in [-0.2, 0) is 0 Å². The van der Waals surface area contributed by atoms with E-state index in [1.165, 1.54) is 3.57 Å². The molecule has 0 spiro atoms. The van der Waals surface area contributed by atoms with E-state index in [4.69, 9.17) is 16.3 Å². The minimum atomic E-state index is 0.565. The van der Waals surface area contributed by atoms with Gasteiger partial charge >= 0.3 is 0 Å². The van der Waals surface area contributed by atoms with Gasteiger partial charge in [-0.1, -0.05) is 29.8 Å². The van der Waals surface area contributed by atoms with Gasteiger partial charge in [-0.25, -0.2) is 0 Å². The van der Waals surface area contributed by atoms with Crippen LogP contribution in [0.25, 0.3) is 0 Å². The maximum atomic E-state index is 6.04. The molecule has 0 aliphatic rings. The van der Waals surface area contributed by atoms with Gasteiger partial charge in [0.1, 0.15) is 5.75 Å². The van der Waals surface area contributed by atoms with Crippen molar-refractivity contribution in [2.75, 3.05) is 7.11 Å². The van der Waals surface area contributed by atoms with Gasteiger partial charge in [-0.15, -0.1) is 0 Å². The zero-order valence-electron chi connectivity index (χ0n) is 9.73. The summed E-state index contributed by atoms with van der Waals surface area (Å²) >= 11 is 8.33. The molecule has 0 unspecified atom stereocenters. The number of methoxy groups -OCH3 is 1. The fourth-order valence-electron chi connectivity index (χ4n) is 1.46. The Balaban J connectivity index is 2.24. The standard InChI is InChI=1S/C14H11ClINO/c1-18-14-7-6-11(8-12(14)15)17-9-10-4-2-3-5-13(10)16/h2-9H,1H3. The molecule has 2 rings (SSSR count). The molecule has 0 aromatic heterocycles. The Morgan fingerprint density at radius 1 is 1.22 bits per heavy atom. The van der Waals surface area contributed by atoms with Crippen molar-refractivity contribution in [3.63, 3.8) is 0 Å². The highest BCUT2D eigenvalue weighted by Crippen LogP contribution is 2.28. The molecule has 0 aliphatic carbocycles. The number of aliphatic imine (C=N–C) groups is 1. The van der Waals surface area contributed by atoms with Crippen molar-refractivity contribution in [3.8, 4) is 5.75 Å². The molecule has 0 saturated carbocycles. The molecule has 4 heteroatoms. The Labute approximate surface area is 125 Å². The Morgan fingerprint density at radius 3 is 2.67 bits per heavy atom. The molecular weight excluding hydrogens is 361 g/mol. The molecule has 0 fully saturated rings. The lowest BCUT2D eigenvalue weighted by molar-refractivity contribution is 0.415. The predicted molar refractivity (Wildman–Crippen MR) is 84.4 cm³/mol. The van der Waals surface area contributed by atoms with Gasteiger partial charge in [0.2, 0.25) is 0 Å². The van der Waals surface area contributed by atoms with Gasteiger partial charge < -0.3 is 4.74 Å². The molecule has 0 atom stereocenters. The van der Waals surface area contributed by atoms with Crippen molar-refractivity contribution in [1.29, 1.82) is 0 Å². The van der Waals surface area contributed by atoms with Crippen molar-refractivity contribution in [1.82, 2.24) is 0 Å². The molecule has 0 bridgehead atoms. The van der Waals surface area contributed by atoms with Crippen LogP contribution in [0.2, 0.25) is 5.02 Å². The van der Waals surface area contributed by atoms with E-state index >= 15 is 0 Å². The maximum Gasteiger partial charge on any atom is 0.137 e. The highest BCUT2D eigenvalue weighted by molar-refractivity contribution is 14.1. The van der Waals surface area contributed by atoms with Crippen LogP contribution >= 0.6 is 34.2 Å². The average Bonchev–Trinajstić information content (AvgIpc) is 2.38. The summed E-state index contributed by atoms with van der Waals surface area (Å²) in [4.78, 5) is 4.40. The van der Waals surface area contributed by atoms with Crippen molar-refractivity contribution in [3.05, 3.63) is 56.6 Å². The lowest BCUT2D eigenvalue weighted by atomic mass is 10.2. The number of hydrogen-bond acceptors (Lipinski definition) is 2. The van der Waals surface area contributed by atoms with Crippen LogP contribution in [0.3, 0.4) is 0 Å². The van der Waals surface area contributed by atoms with Gasteiger partial charge in [-0.05, 0) is 46.9 Å². The predicted octanol–water partition coefficient (Wildman–Crippen LogP) is 4.70. The molecule has 0 heterocycles. The molecular formula is C14H11ClINO. The second-order valence-electron chi connectivity index (χ2n) is 3.60. The Bertz CT molecular complexity index is 584. The van der Waals surface area contributed by atoms with Crippen LogP contribution < -0.4 is 4.74 Å². The van der Waals surface area contributed by atoms with Crippen LogP contribution in [0.5, 0.6) is 5.75 Å². The van der Waals surface area contributed by atoms with E-state index in [0.717, 1.165) is 11.3 Å². The van der Waals surface area contributed by atoms with E-state index in [9.17, 15) is 0 Å². The van der Waals surface area contributed by atoms with E-state index in [1.54, 1.807) is 13.2 Å². The first-order chi connectivity index (χ1) is 8.70. The van der Waals surface area contributed by atoms with Crippen molar-refractivity contribution in [2.24, 2.45) is 4.99 Å². The van der Waals surface area contributed by atoms with Crippen molar-refractivity contribution >= 4 is 46.1 Å². The first kappa shape index (κ1) is 13.4. The topological polar surface area (TPSA) is 21.6 Å². The highest BCUT2D eigenvalue weighted by atomic mass is 127. The summed E-state index contributed by atoms with van der Waals surface area (Å²) in [5, 5.41) is 0.565. The van der Waals surface area contributed by atoms with E-state index in [-0.39, 0.29) is 0 Å². The maximum absolute atomic E-state index is 6.04. The molecule has 92 valence electrons. The third kappa shape index (κ3) is 3.23. The minimum absolute atomic E-state index is 0.565. The van der Waals surface area contributed by atoms with Gasteiger partial charge in [0.05, 0.1) is 17.8 Å². The smallest absolute Gasteiger partial charge is 0.137 e. The summed E-state index contributed by atoms with van der Waals surface area (Å²) in [6.45, 7) is 0. The normalized spacial score (nSPS) is 10.8. The van der Waals surface area contributed by atoms with E-state index in [2.05, 4.69) is 27.6 Å². The summed E-state index contributed by atoms with van der Waals surface area (Å²) in [5.41, 5.74) is 1.89. The Hall–Kier alpha value is -1.07. The molecule has 0 N–H and O–H groups in total. The summed E-state index contributed by atoms with van der Waals surface area (Å²) < 4.78 is 6.26. The van der Waals surface area contributed by atoms with Crippen molar-refractivity contribution in [2.45, 2.75) is 0 Å². The van der Waals surface area contributed by atoms with Crippen LogP contribution in [0, 0.1) is 3.57 Å². The number of nitrogens with zero attached hydrogens (tertiary/aromatic N) is 1. The first-order valence-corrected chi connectivity index (χ1v) is 6.78. The summed E-state index contributed by atoms with van der Waals surface area (Å²) in [7, 11) is 1.59. The molecule has 2 nitrogen and oxygen atoms in total. The van der Waals surface area contributed by atoms with Gasteiger partial charge in [0.25, 0.3) is 0 Å². The van der Waals surface area contributed by atoms with Gasteiger partial charge in [0.15, 0.2) is 0 Å². The van der Waals surface area contributed by atoms with Gasteiger partial charge in [-0.3, -0.25) is 4.99 Å². The Kier molecular flexibility index (Phi) is 4.60. The fourth-order valence-corrected chi connectivity index (χ4v) is 2.24. The van der Waals surface area contributed by atoms with Crippen LogP contribution in [0.15, 0.2) is 47.5 Å². The number of hydrogen-bond donors (Lipinski definition) is 0. The quantitative estimate of drug-likeness (QED) is 0.566. The third-order valence-electron chi connectivity index (χ3n) is 2.39. The lowest BCUT2D eigenvalue weighted by Gasteiger charge is -2.03. The number of halogens is 2.